The second-order valence-corrected chi connectivity index (χ2v) is 9.47. The molecule has 5 rings (SSSR count). The fourth-order valence-electron chi connectivity index (χ4n) is 4.75. The minimum atomic E-state index is -1.11. The number of amides is 2. The monoisotopic (exact) mass is 595 g/mol. The van der Waals surface area contributed by atoms with Crippen molar-refractivity contribution >= 4 is 46.5 Å². The predicted molar refractivity (Wildman–Crippen MR) is 157 cm³/mol. The molecule has 0 saturated carbocycles. The van der Waals surface area contributed by atoms with Gasteiger partial charge >= 0.3 is 12.1 Å². The Morgan fingerprint density at radius 2 is 1.77 bits per heavy atom. The highest BCUT2D eigenvalue weighted by molar-refractivity contribution is 5.98. The number of fused-ring (bicyclic) bond motifs is 1. The van der Waals surface area contributed by atoms with Crippen LogP contribution < -0.4 is 15.0 Å². The van der Waals surface area contributed by atoms with Crippen LogP contribution in [-0.4, -0.2) is 55.7 Å². The summed E-state index contributed by atoms with van der Waals surface area (Å²) in [6.45, 7) is 2.46. The van der Waals surface area contributed by atoms with Gasteiger partial charge in [-0.15, -0.1) is 12.3 Å². The number of nitrogens with one attached hydrogen (secondary N) is 1. The zero-order valence-corrected chi connectivity index (χ0v) is 23.5. The van der Waals surface area contributed by atoms with E-state index in [2.05, 4.69) is 36.2 Å². The topological polar surface area (TPSA) is 187 Å². The summed E-state index contributed by atoms with van der Waals surface area (Å²) in [6, 6.07) is 16.7. The van der Waals surface area contributed by atoms with Gasteiger partial charge in [0.15, 0.2) is 23.5 Å². The number of para-hydroxylation sites is 2. The van der Waals surface area contributed by atoms with Gasteiger partial charge in [-0.3, -0.25) is 19.5 Å². The third-order valence-electron chi connectivity index (χ3n) is 6.47. The zero-order valence-electron chi connectivity index (χ0n) is 23.5. The van der Waals surface area contributed by atoms with Crippen molar-refractivity contribution in [1.29, 1.82) is 0 Å². The molecule has 4 aromatic rings. The first-order chi connectivity index (χ1) is 21.3. The number of terminal acetylenes is 1. The Hall–Kier alpha value is -5.97. The molecule has 0 radical (unpaired) electrons. The van der Waals surface area contributed by atoms with Crippen molar-refractivity contribution < 1.29 is 28.6 Å². The molecule has 15 nitrogen and oxygen atoms in total. The van der Waals surface area contributed by atoms with Crippen LogP contribution in [0.15, 0.2) is 72.1 Å². The summed E-state index contributed by atoms with van der Waals surface area (Å²) in [5.41, 5.74) is 10.3. The molecule has 0 aliphatic carbocycles. The molecule has 0 spiro atoms. The summed E-state index contributed by atoms with van der Waals surface area (Å²) in [7, 11) is 0. The van der Waals surface area contributed by atoms with Crippen LogP contribution in [0.2, 0.25) is 0 Å². The van der Waals surface area contributed by atoms with Crippen LogP contribution in [0.4, 0.5) is 22.1 Å². The van der Waals surface area contributed by atoms with Crippen molar-refractivity contribution in [3.8, 4) is 18.2 Å². The summed E-state index contributed by atoms with van der Waals surface area (Å²) in [5.74, 6) is 0.850. The summed E-state index contributed by atoms with van der Waals surface area (Å²) in [5, 5.41) is 6.26. The number of carbonyl (C=O) groups is 3. The lowest BCUT2D eigenvalue weighted by molar-refractivity contribution is -0.152. The number of hydrogen-bond acceptors (Lipinski definition) is 10. The molecule has 2 aromatic carbocycles. The van der Waals surface area contributed by atoms with E-state index < -0.39 is 42.4 Å². The van der Waals surface area contributed by atoms with E-state index in [0.717, 1.165) is 0 Å². The molecule has 1 aliphatic rings. The number of benzene rings is 2. The molecule has 2 amide bonds. The number of aromatic nitrogens is 4. The van der Waals surface area contributed by atoms with E-state index in [-0.39, 0.29) is 29.4 Å². The maximum Gasteiger partial charge on any atom is 0.425 e. The molecule has 3 heterocycles. The maximum absolute atomic E-state index is 13.7. The number of anilines is 3. The molecule has 0 unspecified atom stereocenters. The normalized spacial score (nSPS) is 18.9. The number of ether oxygens (including phenoxy) is 3. The Morgan fingerprint density at radius 3 is 2.34 bits per heavy atom. The van der Waals surface area contributed by atoms with E-state index in [0.29, 0.717) is 11.4 Å². The number of carbonyl (C=O) groups excluding carboxylic acids is 3. The fraction of sp³-hybridized carbons (Fsp3) is 0.241. The summed E-state index contributed by atoms with van der Waals surface area (Å²) >= 11 is 0. The molecule has 1 saturated heterocycles. The molecule has 1 aliphatic heterocycles. The highest BCUT2D eigenvalue weighted by Crippen LogP contribution is 2.38. The van der Waals surface area contributed by atoms with Crippen molar-refractivity contribution in [2.45, 2.75) is 44.7 Å². The molecule has 0 bridgehead atoms. The van der Waals surface area contributed by atoms with Crippen molar-refractivity contribution in [1.82, 2.24) is 19.5 Å². The third-order valence-corrected chi connectivity index (χ3v) is 6.47. The molecular weight excluding hydrogens is 570 g/mol. The Kier molecular flexibility index (Phi) is 8.66. The molecular formula is C29H25N9O6. The molecule has 1 N–H and O–H groups in total. The van der Waals surface area contributed by atoms with E-state index in [1.807, 2.05) is 12.1 Å². The first kappa shape index (κ1) is 29.5. The average molecular weight is 596 g/mol. The molecule has 15 heteroatoms. The van der Waals surface area contributed by atoms with Crippen LogP contribution in [0.3, 0.4) is 0 Å². The molecule has 4 atom stereocenters. The zero-order chi connectivity index (χ0) is 31.2. The van der Waals surface area contributed by atoms with Gasteiger partial charge in [0.2, 0.25) is 11.9 Å². The van der Waals surface area contributed by atoms with Crippen molar-refractivity contribution in [2.75, 3.05) is 10.2 Å². The first-order valence-corrected chi connectivity index (χ1v) is 13.2. The van der Waals surface area contributed by atoms with Crippen LogP contribution in [0.1, 0.15) is 26.5 Å². The van der Waals surface area contributed by atoms with Crippen LogP contribution in [0.25, 0.3) is 21.6 Å². The van der Waals surface area contributed by atoms with Gasteiger partial charge < -0.3 is 14.2 Å². The van der Waals surface area contributed by atoms with Crippen molar-refractivity contribution in [3.05, 3.63) is 77.4 Å². The molecule has 44 heavy (non-hydrogen) atoms. The number of imidazole rings is 1. The van der Waals surface area contributed by atoms with Gasteiger partial charge in [0, 0.05) is 25.2 Å². The van der Waals surface area contributed by atoms with Crippen LogP contribution in [-0.2, 0) is 19.1 Å². The number of esters is 1. The van der Waals surface area contributed by atoms with Gasteiger partial charge in [-0.1, -0.05) is 41.5 Å². The smallest absolute Gasteiger partial charge is 0.425 e. The third kappa shape index (κ3) is 6.12. The average Bonchev–Trinajstić information content (AvgIpc) is 3.55. The Labute approximate surface area is 250 Å². The highest BCUT2D eigenvalue weighted by Gasteiger charge is 2.48. The minimum absolute atomic E-state index is 0.0273. The quantitative estimate of drug-likeness (QED) is 0.0994. The van der Waals surface area contributed by atoms with Crippen LogP contribution in [0.5, 0.6) is 5.88 Å². The van der Waals surface area contributed by atoms with Gasteiger partial charge in [0.25, 0.3) is 5.88 Å². The predicted octanol–water partition coefficient (Wildman–Crippen LogP) is 4.65. The Balaban J connectivity index is 1.60. The number of hydrogen-bond donors (Lipinski definition) is 1. The summed E-state index contributed by atoms with van der Waals surface area (Å²) < 4.78 is 18.8. The summed E-state index contributed by atoms with van der Waals surface area (Å²) in [4.78, 5) is 54.9. The van der Waals surface area contributed by atoms with Crippen molar-refractivity contribution in [2.24, 2.45) is 5.11 Å². The second-order valence-electron chi connectivity index (χ2n) is 9.47. The Morgan fingerprint density at radius 1 is 1.11 bits per heavy atom. The first-order valence-electron chi connectivity index (χ1n) is 13.2. The maximum atomic E-state index is 13.7. The van der Waals surface area contributed by atoms with Gasteiger partial charge in [-0.2, -0.15) is 9.97 Å². The Bertz CT molecular complexity index is 1740. The minimum Gasteiger partial charge on any atom is -0.457 e. The van der Waals surface area contributed by atoms with E-state index >= 15 is 0 Å². The van der Waals surface area contributed by atoms with E-state index in [1.54, 1.807) is 48.5 Å². The van der Waals surface area contributed by atoms with E-state index in [4.69, 9.17) is 20.6 Å². The number of rotatable bonds is 8. The lowest BCUT2D eigenvalue weighted by atomic mass is 10.1. The molecule has 222 valence electrons. The van der Waals surface area contributed by atoms with Gasteiger partial charge in [-0.05, 0) is 29.8 Å². The van der Waals surface area contributed by atoms with Gasteiger partial charge in [0.05, 0.1) is 23.8 Å². The van der Waals surface area contributed by atoms with Crippen molar-refractivity contribution in [3.63, 3.8) is 0 Å². The van der Waals surface area contributed by atoms with Gasteiger partial charge in [0.1, 0.15) is 6.04 Å². The van der Waals surface area contributed by atoms with Crippen LogP contribution >= 0.6 is 0 Å². The highest BCUT2D eigenvalue weighted by atomic mass is 16.6. The molecule has 2 aromatic heterocycles. The standard InChI is InChI=1S/C29H25N9O6/c1-4-11-21-22(35-36-30)24(42-18(3)40)27(43-21)37-16-31-23-25(37)33-28(32-17(2)39)34-26(23)44-29(41)38(19-12-7-5-8-13-19)20-14-9-6-10-15-20/h1,5-10,12-16,21-22,24,27H,11H2,2-3H3,(H,32,33,34,39)/t21-,22-,24-,27-/m1/s1. The van der Waals surface area contributed by atoms with Crippen LogP contribution in [0, 0.1) is 12.3 Å². The number of nitrogens with zero attached hydrogens (tertiary/aromatic N) is 8. The largest absolute Gasteiger partial charge is 0.457 e. The molecule has 1 fully saturated rings. The van der Waals surface area contributed by atoms with Gasteiger partial charge in [-0.25, -0.2) is 14.7 Å². The van der Waals surface area contributed by atoms with E-state index in [1.165, 1.54) is 29.6 Å². The summed E-state index contributed by atoms with van der Waals surface area (Å²) in [6.07, 6.45) is 3.02. The number of azide groups is 1. The lowest BCUT2D eigenvalue weighted by Gasteiger charge is -2.22. The second kappa shape index (κ2) is 12.9. The van der Waals surface area contributed by atoms with E-state index in [9.17, 15) is 19.9 Å². The fourth-order valence-corrected chi connectivity index (χ4v) is 4.75. The lowest BCUT2D eigenvalue weighted by Crippen LogP contribution is -2.34. The SMILES string of the molecule is C#CC[C@H]1O[C@@H](n2cnc3c(OC(=O)N(c4ccccc4)c4ccccc4)nc(NC(C)=O)nc32)[C@H](OC(C)=O)[C@@H]1N=[N+]=[N-].